The summed E-state index contributed by atoms with van der Waals surface area (Å²) in [7, 11) is -3.09. The Kier molecular flexibility index (Phi) is 4.36. The molecule has 1 N–H and O–H groups in total. The maximum absolute atomic E-state index is 12.1. The van der Waals surface area contributed by atoms with E-state index in [0.717, 1.165) is 19.2 Å². The molecule has 0 spiro atoms. The van der Waals surface area contributed by atoms with Gasteiger partial charge in [0.25, 0.3) is 6.43 Å². The fraction of sp³-hybridized carbons (Fsp3) is 0.300. The van der Waals surface area contributed by atoms with Crippen molar-refractivity contribution in [1.82, 2.24) is 4.31 Å². The van der Waals surface area contributed by atoms with Crippen LogP contribution in [0.3, 0.4) is 0 Å². The van der Waals surface area contributed by atoms with E-state index in [1.54, 1.807) is 0 Å². The smallest absolute Gasteiger partial charge is 0.335 e. The number of aromatic carboxylic acids is 1. The van der Waals surface area contributed by atoms with Crippen molar-refractivity contribution in [2.75, 3.05) is 13.6 Å². The number of benzene rings is 1. The lowest BCUT2D eigenvalue weighted by atomic mass is 10.2. The monoisotopic (exact) mass is 279 g/mol. The number of sulfonamides is 1. The molecule has 0 unspecified atom stereocenters. The van der Waals surface area contributed by atoms with Gasteiger partial charge in [-0.25, -0.2) is 22.0 Å². The zero-order chi connectivity index (χ0) is 13.9. The van der Waals surface area contributed by atoms with Crippen LogP contribution in [-0.2, 0) is 10.0 Å². The lowest BCUT2D eigenvalue weighted by Gasteiger charge is -2.16. The highest BCUT2D eigenvalue weighted by molar-refractivity contribution is 7.89. The number of nitrogens with zero attached hydrogens (tertiary/aromatic N) is 1. The van der Waals surface area contributed by atoms with E-state index in [1.165, 1.54) is 12.1 Å². The standard InChI is InChI=1S/C10H11F2NO4S/c1-13(6-9(11)12)18(16,17)8-4-2-3-7(5-8)10(14)15/h2-5,9H,6H2,1H3,(H,14,15). The lowest BCUT2D eigenvalue weighted by molar-refractivity contribution is 0.0696. The van der Waals surface area contributed by atoms with Crippen molar-refractivity contribution < 1.29 is 27.1 Å². The number of carbonyl (C=O) groups is 1. The third kappa shape index (κ3) is 3.23. The van der Waals surface area contributed by atoms with E-state index in [-0.39, 0.29) is 10.5 Å². The van der Waals surface area contributed by atoms with Crippen LogP contribution < -0.4 is 0 Å². The second kappa shape index (κ2) is 5.40. The number of carboxylic acids is 1. The van der Waals surface area contributed by atoms with Gasteiger partial charge in [-0.15, -0.1) is 0 Å². The molecule has 0 aliphatic rings. The molecule has 0 bridgehead atoms. The first-order valence-corrected chi connectivity index (χ1v) is 6.27. The summed E-state index contributed by atoms with van der Waals surface area (Å²) in [6.45, 7) is -0.945. The Morgan fingerprint density at radius 1 is 1.44 bits per heavy atom. The van der Waals surface area contributed by atoms with Crippen LogP contribution in [0, 0.1) is 0 Å². The molecule has 1 aromatic carbocycles. The molecule has 0 heterocycles. The molecule has 1 rings (SSSR count). The Hall–Kier alpha value is -1.54. The number of hydrogen-bond donors (Lipinski definition) is 1. The molecular formula is C10H11F2NO4S. The minimum absolute atomic E-state index is 0.221. The summed E-state index contributed by atoms with van der Waals surface area (Å²) in [5.41, 5.74) is -0.221. The quantitative estimate of drug-likeness (QED) is 0.880. The minimum Gasteiger partial charge on any atom is -0.478 e. The van der Waals surface area contributed by atoms with Crippen LogP contribution >= 0.6 is 0 Å². The molecule has 0 amide bonds. The van der Waals surface area contributed by atoms with Gasteiger partial charge in [0.2, 0.25) is 10.0 Å². The molecule has 0 aliphatic heterocycles. The van der Waals surface area contributed by atoms with Crippen LogP contribution in [0.1, 0.15) is 10.4 Å². The second-order valence-electron chi connectivity index (χ2n) is 3.51. The first-order valence-electron chi connectivity index (χ1n) is 4.83. The third-order valence-electron chi connectivity index (χ3n) is 2.18. The Morgan fingerprint density at radius 2 is 2.06 bits per heavy atom. The van der Waals surface area contributed by atoms with Crippen molar-refractivity contribution in [2.24, 2.45) is 0 Å². The summed E-state index contributed by atoms with van der Waals surface area (Å²) in [6, 6.07) is 4.55. The summed E-state index contributed by atoms with van der Waals surface area (Å²) in [5, 5.41) is 8.73. The first kappa shape index (κ1) is 14.5. The number of hydrogen-bond acceptors (Lipinski definition) is 3. The molecule has 100 valence electrons. The maximum atomic E-state index is 12.1. The Bertz CT molecular complexity index is 545. The zero-order valence-electron chi connectivity index (χ0n) is 9.38. The highest BCUT2D eigenvalue weighted by Crippen LogP contribution is 2.16. The molecule has 0 saturated carbocycles. The molecule has 0 radical (unpaired) electrons. The second-order valence-corrected chi connectivity index (χ2v) is 5.55. The predicted octanol–water partition coefficient (Wildman–Crippen LogP) is 1.27. The molecule has 0 aliphatic carbocycles. The van der Waals surface area contributed by atoms with E-state index in [4.69, 9.17) is 5.11 Å². The van der Waals surface area contributed by atoms with Crippen LogP contribution in [0.5, 0.6) is 0 Å². The van der Waals surface area contributed by atoms with Gasteiger partial charge < -0.3 is 5.11 Å². The molecule has 0 atom stereocenters. The molecule has 5 nitrogen and oxygen atoms in total. The van der Waals surface area contributed by atoms with Gasteiger partial charge in [-0.05, 0) is 18.2 Å². The Morgan fingerprint density at radius 3 is 2.56 bits per heavy atom. The van der Waals surface area contributed by atoms with Crippen molar-refractivity contribution in [1.29, 1.82) is 0 Å². The molecular weight excluding hydrogens is 268 g/mol. The Labute approximate surface area is 103 Å². The third-order valence-corrected chi connectivity index (χ3v) is 4.00. The summed E-state index contributed by atoms with van der Waals surface area (Å²) in [6.07, 6.45) is -2.80. The summed E-state index contributed by atoms with van der Waals surface area (Å²) >= 11 is 0. The van der Waals surface area contributed by atoms with Crippen molar-refractivity contribution in [3.63, 3.8) is 0 Å². The van der Waals surface area contributed by atoms with Gasteiger partial charge in [0.1, 0.15) is 0 Å². The van der Waals surface area contributed by atoms with E-state index in [1.807, 2.05) is 0 Å². The maximum Gasteiger partial charge on any atom is 0.335 e. The van der Waals surface area contributed by atoms with E-state index in [0.29, 0.717) is 4.31 Å². The van der Waals surface area contributed by atoms with E-state index >= 15 is 0 Å². The Balaban J connectivity index is 3.12. The number of alkyl halides is 2. The largest absolute Gasteiger partial charge is 0.478 e. The lowest BCUT2D eigenvalue weighted by Crippen LogP contribution is -2.31. The fourth-order valence-corrected chi connectivity index (χ4v) is 2.46. The summed E-state index contributed by atoms with van der Waals surface area (Å²) < 4.78 is 48.4. The SMILES string of the molecule is CN(CC(F)F)S(=O)(=O)c1cccc(C(=O)O)c1. The molecule has 0 saturated heterocycles. The van der Waals surface area contributed by atoms with Gasteiger partial charge in [0.15, 0.2) is 0 Å². The average Bonchev–Trinajstić information content (AvgIpc) is 2.28. The van der Waals surface area contributed by atoms with Crippen LogP contribution in [0.2, 0.25) is 0 Å². The van der Waals surface area contributed by atoms with Crippen LogP contribution in [-0.4, -0.2) is 43.8 Å². The summed E-state index contributed by atoms with van der Waals surface area (Å²) in [5.74, 6) is -1.29. The van der Waals surface area contributed by atoms with Crippen molar-refractivity contribution in [3.05, 3.63) is 29.8 Å². The van der Waals surface area contributed by atoms with Gasteiger partial charge in [-0.3, -0.25) is 0 Å². The summed E-state index contributed by atoms with van der Waals surface area (Å²) in [4.78, 5) is 10.4. The van der Waals surface area contributed by atoms with Crippen LogP contribution in [0.15, 0.2) is 29.2 Å². The van der Waals surface area contributed by atoms with Gasteiger partial charge in [0.05, 0.1) is 17.0 Å². The van der Waals surface area contributed by atoms with E-state index in [2.05, 4.69) is 0 Å². The topological polar surface area (TPSA) is 74.7 Å². The molecule has 0 fully saturated rings. The van der Waals surface area contributed by atoms with Gasteiger partial charge >= 0.3 is 5.97 Å². The highest BCUT2D eigenvalue weighted by atomic mass is 32.2. The van der Waals surface area contributed by atoms with Gasteiger partial charge in [-0.2, -0.15) is 4.31 Å². The molecule has 8 heteroatoms. The van der Waals surface area contributed by atoms with Crippen LogP contribution in [0.4, 0.5) is 8.78 Å². The van der Waals surface area contributed by atoms with Crippen LogP contribution in [0.25, 0.3) is 0 Å². The van der Waals surface area contributed by atoms with Gasteiger partial charge in [0, 0.05) is 7.05 Å². The van der Waals surface area contributed by atoms with Crippen molar-refractivity contribution >= 4 is 16.0 Å². The number of carboxylic acid groups (broad SMARTS) is 1. The predicted molar refractivity (Wildman–Crippen MR) is 59.2 cm³/mol. The number of rotatable bonds is 5. The number of halogens is 2. The van der Waals surface area contributed by atoms with Gasteiger partial charge in [-0.1, -0.05) is 6.07 Å². The molecule has 1 aromatic rings. The average molecular weight is 279 g/mol. The minimum atomic E-state index is -4.10. The van der Waals surface area contributed by atoms with E-state index < -0.39 is 29.0 Å². The first-order chi connectivity index (χ1) is 8.25. The fourth-order valence-electron chi connectivity index (χ4n) is 1.26. The zero-order valence-corrected chi connectivity index (χ0v) is 10.2. The molecule has 0 aromatic heterocycles. The van der Waals surface area contributed by atoms with Crippen molar-refractivity contribution in [3.8, 4) is 0 Å². The molecule has 18 heavy (non-hydrogen) atoms. The highest BCUT2D eigenvalue weighted by Gasteiger charge is 2.24. The van der Waals surface area contributed by atoms with Crippen molar-refractivity contribution in [2.45, 2.75) is 11.3 Å². The van der Waals surface area contributed by atoms with E-state index in [9.17, 15) is 22.0 Å². The normalized spacial score (nSPS) is 12.1.